The first kappa shape index (κ1) is 21.4. The standard InChI is InChI=1S/C25H28N2O3/c1-5-18-9-12-19(13-10-18)23(16(2)3)27-24(28)20-11-8-17(4)21(15-20)26-25(29)22-7-6-14-30-22/h6-16,23H,5H2,1-4H3,(H,26,29)(H,27,28). The highest BCUT2D eigenvalue weighted by Crippen LogP contribution is 2.24. The van der Waals surface area contributed by atoms with Gasteiger partial charge in [-0.25, -0.2) is 0 Å². The van der Waals surface area contributed by atoms with E-state index in [1.807, 2.05) is 13.0 Å². The number of hydrogen-bond donors (Lipinski definition) is 2. The molecule has 2 N–H and O–H groups in total. The van der Waals surface area contributed by atoms with Crippen LogP contribution in [-0.4, -0.2) is 11.8 Å². The minimum atomic E-state index is -0.350. The average Bonchev–Trinajstić information content (AvgIpc) is 3.28. The van der Waals surface area contributed by atoms with Crippen LogP contribution in [0.15, 0.2) is 65.3 Å². The minimum Gasteiger partial charge on any atom is -0.459 e. The summed E-state index contributed by atoms with van der Waals surface area (Å²) in [5.74, 6) is -0.0804. The zero-order valence-electron chi connectivity index (χ0n) is 17.9. The maximum atomic E-state index is 13.0. The van der Waals surface area contributed by atoms with Crippen molar-refractivity contribution >= 4 is 17.5 Å². The van der Waals surface area contributed by atoms with E-state index in [0.717, 1.165) is 17.5 Å². The lowest BCUT2D eigenvalue weighted by molar-refractivity contribution is 0.0924. The van der Waals surface area contributed by atoms with Crippen molar-refractivity contribution in [1.29, 1.82) is 0 Å². The molecule has 0 aliphatic heterocycles. The van der Waals surface area contributed by atoms with Crippen molar-refractivity contribution in [3.8, 4) is 0 Å². The maximum absolute atomic E-state index is 13.0. The lowest BCUT2D eigenvalue weighted by Gasteiger charge is -2.23. The number of benzene rings is 2. The van der Waals surface area contributed by atoms with E-state index in [-0.39, 0.29) is 29.5 Å². The summed E-state index contributed by atoms with van der Waals surface area (Å²) in [5, 5.41) is 5.96. The zero-order chi connectivity index (χ0) is 21.7. The molecule has 30 heavy (non-hydrogen) atoms. The second kappa shape index (κ2) is 9.44. The van der Waals surface area contributed by atoms with Crippen molar-refractivity contribution in [2.75, 3.05) is 5.32 Å². The zero-order valence-corrected chi connectivity index (χ0v) is 17.9. The van der Waals surface area contributed by atoms with Crippen LogP contribution in [0.25, 0.3) is 0 Å². The molecule has 1 unspecified atom stereocenters. The molecule has 1 aromatic heterocycles. The fourth-order valence-corrected chi connectivity index (χ4v) is 3.31. The molecular weight excluding hydrogens is 376 g/mol. The highest BCUT2D eigenvalue weighted by atomic mass is 16.3. The maximum Gasteiger partial charge on any atom is 0.291 e. The molecule has 0 aliphatic carbocycles. The number of hydrogen-bond acceptors (Lipinski definition) is 3. The van der Waals surface area contributed by atoms with Gasteiger partial charge in [-0.2, -0.15) is 0 Å². The van der Waals surface area contributed by atoms with Gasteiger partial charge in [-0.1, -0.05) is 51.1 Å². The van der Waals surface area contributed by atoms with Crippen molar-refractivity contribution < 1.29 is 14.0 Å². The first-order valence-electron chi connectivity index (χ1n) is 10.2. The molecule has 156 valence electrons. The fraction of sp³-hybridized carbons (Fsp3) is 0.280. The Morgan fingerprint density at radius 3 is 2.33 bits per heavy atom. The molecule has 2 amide bonds. The quantitative estimate of drug-likeness (QED) is 0.544. The van der Waals surface area contributed by atoms with E-state index in [1.54, 1.807) is 24.3 Å². The third-order valence-electron chi connectivity index (χ3n) is 5.19. The van der Waals surface area contributed by atoms with Gasteiger partial charge >= 0.3 is 0 Å². The summed E-state index contributed by atoms with van der Waals surface area (Å²) >= 11 is 0. The van der Waals surface area contributed by atoms with Crippen LogP contribution in [0, 0.1) is 12.8 Å². The van der Waals surface area contributed by atoms with E-state index < -0.39 is 0 Å². The van der Waals surface area contributed by atoms with Gasteiger partial charge in [-0.15, -0.1) is 0 Å². The van der Waals surface area contributed by atoms with Crippen LogP contribution in [0.2, 0.25) is 0 Å². The Morgan fingerprint density at radius 2 is 1.73 bits per heavy atom. The monoisotopic (exact) mass is 404 g/mol. The van der Waals surface area contributed by atoms with Gasteiger partial charge in [-0.05, 0) is 60.2 Å². The van der Waals surface area contributed by atoms with Crippen molar-refractivity contribution in [2.45, 2.75) is 40.2 Å². The van der Waals surface area contributed by atoms with E-state index in [1.165, 1.54) is 11.8 Å². The molecular formula is C25H28N2O3. The van der Waals surface area contributed by atoms with Gasteiger partial charge in [0.1, 0.15) is 0 Å². The lowest BCUT2D eigenvalue weighted by Crippen LogP contribution is -2.31. The molecule has 5 heteroatoms. The van der Waals surface area contributed by atoms with E-state index in [0.29, 0.717) is 11.3 Å². The molecule has 1 atom stereocenters. The SMILES string of the molecule is CCc1ccc(C(NC(=O)c2ccc(C)c(NC(=O)c3ccco3)c2)C(C)C)cc1. The molecule has 0 saturated heterocycles. The van der Waals surface area contributed by atoms with Gasteiger partial charge in [0.2, 0.25) is 0 Å². The molecule has 0 saturated carbocycles. The van der Waals surface area contributed by atoms with E-state index in [2.05, 4.69) is 55.7 Å². The number of aryl methyl sites for hydroxylation is 2. The van der Waals surface area contributed by atoms with Gasteiger partial charge < -0.3 is 15.1 Å². The van der Waals surface area contributed by atoms with Crippen molar-refractivity contribution in [2.24, 2.45) is 5.92 Å². The molecule has 1 heterocycles. The molecule has 2 aromatic carbocycles. The second-order valence-corrected chi connectivity index (χ2v) is 7.75. The van der Waals surface area contributed by atoms with Gasteiger partial charge in [0, 0.05) is 11.3 Å². The van der Waals surface area contributed by atoms with Crippen LogP contribution in [0.3, 0.4) is 0 Å². The first-order chi connectivity index (χ1) is 14.4. The number of carbonyl (C=O) groups is 2. The number of amides is 2. The molecule has 0 bridgehead atoms. The third kappa shape index (κ3) is 4.98. The smallest absolute Gasteiger partial charge is 0.291 e. The van der Waals surface area contributed by atoms with Crippen molar-refractivity contribution in [1.82, 2.24) is 5.32 Å². The van der Waals surface area contributed by atoms with Gasteiger partial charge in [0.25, 0.3) is 11.8 Å². The Labute approximate surface area is 177 Å². The summed E-state index contributed by atoms with van der Waals surface area (Å²) in [6.45, 7) is 8.17. The van der Waals surface area contributed by atoms with Crippen molar-refractivity contribution in [3.63, 3.8) is 0 Å². The van der Waals surface area contributed by atoms with Gasteiger partial charge in [0.05, 0.1) is 12.3 Å². The molecule has 0 fully saturated rings. The van der Waals surface area contributed by atoms with Crippen LogP contribution in [-0.2, 0) is 6.42 Å². The van der Waals surface area contributed by atoms with E-state index in [4.69, 9.17) is 4.42 Å². The number of nitrogens with one attached hydrogen (secondary N) is 2. The molecule has 3 aromatic rings. The Kier molecular flexibility index (Phi) is 6.72. The normalized spacial score (nSPS) is 11.9. The molecule has 5 nitrogen and oxygen atoms in total. The Bertz CT molecular complexity index is 1010. The largest absolute Gasteiger partial charge is 0.459 e. The van der Waals surface area contributed by atoms with Crippen LogP contribution in [0.5, 0.6) is 0 Å². The minimum absolute atomic E-state index is 0.106. The number of carbonyl (C=O) groups excluding carboxylic acids is 2. The fourth-order valence-electron chi connectivity index (χ4n) is 3.31. The highest BCUT2D eigenvalue weighted by Gasteiger charge is 2.20. The molecule has 0 spiro atoms. The van der Waals surface area contributed by atoms with Crippen LogP contribution >= 0.6 is 0 Å². The number of furan rings is 1. The highest BCUT2D eigenvalue weighted by molar-refractivity contribution is 6.04. The Hall–Kier alpha value is -3.34. The first-order valence-corrected chi connectivity index (χ1v) is 10.2. The second-order valence-electron chi connectivity index (χ2n) is 7.75. The summed E-state index contributed by atoms with van der Waals surface area (Å²) in [7, 11) is 0. The van der Waals surface area contributed by atoms with Crippen molar-refractivity contribution in [3.05, 3.63) is 88.9 Å². The van der Waals surface area contributed by atoms with Crippen LogP contribution in [0.1, 0.15) is 64.4 Å². The Balaban J connectivity index is 1.78. The molecule has 3 rings (SSSR count). The van der Waals surface area contributed by atoms with Crippen LogP contribution < -0.4 is 10.6 Å². The number of anilines is 1. The van der Waals surface area contributed by atoms with Crippen LogP contribution in [0.4, 0.5) is 5.69 Å². The predicted molar refractivity (Wildman–Crippen MR) is 119 cm³/mol. The third-order valence-corrected chi connectivity index (χ3v) is 5.19. The summed E-state index contributed by atoms with van der Waals surface area (Å²) in [4.78, 5) is 25.3. The molecule has 0 aliphatic rings. The summed E-state index contributed by atoms with van der Waals surface area (Å²) < 4.78 is 5.14. The summed E-state index contributed by atoms with van der Waals surface area (Å²) in [6, 6.07) is 16.8. The van der Waals surface area contributed by atoms with Gasteiger partial charge in [-0.3, -0.25) is 9.59 Å². The van der Waals surface area contributed by atoms with Gasteiger partial charge in [0.15, 0.2) is 5.76 Å². The van der Waals surface area contributed by atoms with E-state index >= 15 is 0 Å². The van der Waals surface area contributed by atoms with E-state index in [9.17, 15) is 9.59 Å². The Morgan fingerprint density at radius 1 is 1.00 bits per heavy atom. The average molecular weight is 405 g/mol. The predicted octanol–water partition coefficient (Wildman–Crippen LogP) is 5.53. The lowest BCUT2D eigenvalue weighted by atomic mass is 9.94. The summed E-state index contributed by atoms with van der Waals surface area (Å²) in [6.07, 6.45) is 2.43. The topological polar surface area (TPSA) is 71.3 Å². The number of rotatable bonds is 7. The molecule has 0 radical (unpaired) electrons. The summed E-state index contributed by atoms with van der Waals surface area (Å²) in [5.41, 5.74) is 4.28.